The van der Waals surface area contributed by atoms with Gasteiger partial charge in [-0.25, -0.2) is 4.79 Å². The highest BCUT2D eigenvalue weighted by Crippen LogP contribution is 2.48. The molecule has 210 valence electrons. The highest BCUT2D eigenvalue weighted by Gasteiger charge is 2.49. The number of esters is 1. The number of fused-ring (bicyclic) bond motifs is 1. The molecule has 1 aliphatic heterocycles. The molecule has 0 aliphatic carbocycles. The smallest absolute Gasteiger partial charge is 0.340 e. The molecular weight excluding hydrogens is 512 g/mol. The standard InChI is InChI=1S/C32H34O8/c1-30(2,17-33)25(27(35)36)19-9-13-21(14-10-19)32(24-8-6-5-7-23(24)29(39)40-32)22-15-11-20(12-16-22)26(28(37)38)31(3,4)18-34/h5-16,25-26,33-34H,17-18H2,1-4H3,(H,35,36)(H,37,38). The summed E-state index contributed by atoms with van der Waals surface area (Å²) in [5, 5.41) is 39.5. The first kappa shape index (κ1) is 29.0. The van der Waals surface area contributed by atoms with Crippen LogP contribution >= 0.6 is 0 Å². The van der Waals surface area contributed by atoms with Gasteiger partial charge in [0.1, 0.15) is 0 Å². The van der Waals surface area contributed by atoms with Gasteiger partial charge in [-0.3, -0.25) is 9.59 Å². The van der Waals surface area contributed by atoms with Crippen molar-refractivity contribution in [2.24, 2.45) is 10.8 Å². The lowest BCUT2D eigenvalue weighted by Crippen LogP contribution is -2.33. The van der Waals surface area contributed by atoms with Crippen LogP contribution in [0.15, 0.2) is 72.8 Å². The molecule has 3 aromatic carbocycles. The summed E-state index contributed by atoms with van der Waals surface area (Å²) >= 11 is 0. The Kier molecular flexibility index (Phi) is 7.62. The molecule has 0 saturated carbocycles. The predicted molar refractivity (Wildman–Crippen MR) is 147 cm³/mol. The SMILES string of the molecule is CC(C)(CO)C(C(=O)O)c1ccc(C2(c3ccc(C(C(=O)O)C(C)(C)CO)cc3)OC(=O)c3ccccc32)cc1. The summed E-state index contributed by atoms with van der Waals surface area (Å²) in [6.45, 7) is 6.08. The Labute approximate surface area is 232 Å². The van der Waals surface area contributed by atoms with Crippen LogP contribution in [0.25, 0.3) is 0 Å². The lowest BCUT2D eigenvalue weighted by Gasteiger charge is -2.33. The molecule has 0 radical (unpaired) electrons. The second kappa shape index (κ2) is 10.5. The monoisotopic (exact) mass is 546 g/mol. The van der Waals surface area contributed by atoms with Crippen molar-refractivity contribution in [3.63, 3.8) is 0 Å². The molecule has 4 rings (SSSR count). The number of aliphatic carboxylic acids is 2. The van der Waals surface area contributed by atoms with Gasteiger partial charge < -0.3 is 25.2 Å². The Hall–Kier alpha value is -4.01. The molecular formula is C32H34O8. The van der Waals surface area contributed by atoms with E-state index in [9.17, 15) is 34.8 Å². The maximum atomic E-state index is 13.1. The van der Waals surface area contributed by atoms with Crippen molar-refractivity contribution in [1.82, 2.24) is 0 Å². The second-order valence-electron chi connectivity index (χ2n) is 11.7. The Morgan fingerprint density at radius 1 is 0.725 bits per heavy atom. The summed E-state index contributed by atoms with van der Waals surface area (Å²) in [4.78, 5) is 37.3. The Balaban J connectivity index is 1.87. The fourth-order valence-electron chi connectivity index (χ4n) is 5.67. The lowest BCUT2D eigenvalue weighted by molar-refractivity contribution is -0.143. The van der Waals surface area contributed by atoms with Crippen LogP contribution in [0.2, 0.25) is 0 Å². The molecule has 2 unspecified atom stereocenters. The van der Waals surface area contributed by atoms with E-state index in [1.165, 1.54) is 0 Å². The Morgan fingerprint density at radius 2 is 1.12 bits per heavy atom. The summed E-state index contributed by atoms with van der Waals surface area (Å²) in [5.74, 6) is -4.58. The molecule has 40 heavy (non-hydrogen) atoms. The van der Waals surface area contributed by atoms with Gasteiger partial charge in [0, 0.05) is 40.7 Å². The number of benzene rings is 3. The number of ether oxygens (including phenoxy) is 1. The predicted octanol–water partition coefficient (Wildman–Crippen LogP) is 4.52. The van der Waals surface area contributed by atoms with Gasteiger partial charge in [0.05, 0.1) is 17.4 Å². The third-order valence-corrected chi connectivity index (χ3v) is 7.95. The molecule has 0 saturated heterocycles. The van der Waals surface area contributed by atoms with Crippen molar-refractivity contribution in [3.8, 4) is 0 Å². The number of hydrogen-bond donors (Lipinski definition) is 4. The molecule has 0 spiro atoms. The molecule has 0 fully saturated rings. The number of carbonyl (C=O) groups excluding carboxylic acids is 1. The first-order chi connectivity index (χ1) is 18.8. The zero-order chi connectivity index (χ0) is 29.5. The first-order valence-corrected chi connectivity index (χ1v) is 13.0. The summed E-state index contributed by atoms with van der Waals surface area (Å²) in [7, 11) is 0. The average Bonchev–Trinajstić information content (AvgIpc) is 3.22. The van der Waals surface area contributed by atoms with E-state index in [0.29, 0.717) is 33.4 Å². The van der Waals surface area contributed by atoms with Crippen LogP contribution in [0.1, 0.15) is 77.7 Å². The molecule has 8 nitrogen and oxygen atoms in total. The molecule has 0 aromatic heterocycles. The molecule has 2 atom stereocenters. The quantitative estimate of drug-likeness (QED) is 0.272. The average molecular weight is 547 g/mol. The van der Waals surface area contributed by atoms with Crippen molar-refractivity contribution in [1.29, 1.82) is 0 Å². The second-order valence-corrected chi connectivity index (χ2v) is 11.7. The molecule has 8 heteroatoms. The normalized spacial score (nSPS) is 18.5. The van der Waals surface area contributed by atoms with Crippen LogP contribution in [0.3, 0.4) is 0 Å². The van der Waals surface area contributed by atoms with Crippen LogP contribution in [0.4, 0.5) is 0 Å². The van der Waals surface area contributed by atoms with E-state index in [0.717, 1.165) is 0 Å². The van der Waals surface area contributed by atoms with Crippen LogP contribution in [-0.2, 0) is 19.9 Å². The van der Waals surface area contributed by atoms with Gasteiger partial charge in [-0.2, -0.15) is 0 Å². The van der Waals surface area contributed by atoms with Crippen LogP contribution in [-0.4, -0.2) is 51.5 Å². The van der Waals surface area contributed by atoms with Crippen molar-refractivity contribution in [3.05, 3.63) is 106 Å². The van der Waals surface area contributed by atoms with E-state index in [1.807, 2.05) is 0 Å². The minimum absolute atomic E-state index is 0.322. The molecule has 0 bridgehead atoms. The van der Waals surface area contributed by atoms with E-state index < -0.39 is 46.2 Å². The molecule has 4 N–H and O–H groups in total. The van der Waals surface area contributed by atoms with Crippen molar-refractivity contribution >= 4 is 17.9 Å². The topological polar surface area (TPSA) is 141 Å². The lowest BCUT2D eigenvalue weighted by atomic mass is 9.73. The van der Waals surface area contributed by atoms with Crippen molar-refractivity contribution < 1.29 is 39.5 Å². The maximum absolute atomic E-state index is 13.1. The maximum Gasteiger partial charge on any atom is 0.340 e. The zero-order valence-corrected chi connectivity index (χ0v) is 22.9. The third-order valence-electron chi connectivity index (χ3n) is 7.95. The van der Waals surface area contributed by atoms with E-state index in [1.54, 1.807) is 100 Å². The Bertz CT molecular complexity index is 1340. The number of cyclic esters (lactones) is 1. The summed E-state index contributed by atoms with van der Waals surface area (Å²) in [5.41, 5.74) is -0.0459. The number of aliphatic hydroxyl groups excluding tert-OH is 2. The van der Waals surface area contributed by atoms with Crippen LogP contribution in [0.5, 0.6) is 0 Å². The largest absolute Gasteiger partial charge is 0.481 e. The number of carboxylic acids is 2. The van der Waals surface area contributed by atoms with E-state index in [-0.39, 0.29) is 13.2 Å². The fourth-order valence-corrected chi connectivity index (χ4v) is 5.67. The van der Waals surface area contributed by atoms with E-state index >= 15 is 0 Å². The van der Waals surface area contributed by atoms with Gasteiger partial charge in [-0.15, -0.1) is 0 Å². The van der Waals surface area contributed by atoms with Gasteiger partial charge in [-0.05, 0) is 17.2 Å². The molecule has 3 aromatic rings. The highest BCUT2D eigenvalue weighted by molar-refractivity contribution is 5.96. The number of aliphatic hydroxyl groups is 2. The summed E-state index contributed by atoms with van der Waals surface area (Å²) < 4.78 is 6.11. The first-order valence-electron chi connectivity index (χ1n) is 13.0. The minimum Gasteiger partial charge on any atom is -0.481 e. The number of hydrogen-bond acceptors (Lipinski definition) is 6. The number of carbonyl (C=O) groups is 3. The molecule has 0 amide bonds. The fraction of sp³-hybridized carbons (Fsp3) is 0.344. The van der Waals surface area contributed by atoms with Gasteiger partial charge in [0.15, 0.2) is 5.60 Å². The van der Waals surface area contributed by atoms with Gasteiger partial charge in [-0.1, -0.05) is 94.4 Å². The zero-order valence-electron chi connectivity index (χ0n) is 22.9. The number of carboxylic acid groups (broad SMARTS) is 2. The highest BCUT2D eigenvalue weighted by atomic mass is 16.6. The van der Waals surface area contributed by atoms with E-state index in [4.69, 9.17) is 4.74 Å². The summed E-state index contributed by atoms with van der Waals surface area (Å²) in [6, 6.07) is 20.6. The number of rotatable bonds is 10. The Morgan fingerprint density at radius 3 is 1.50 bits per heavy atom. The summed E-state index contributed by atoms with van der Waals surface area (Å²) in [6.07, 6.45) is 0. The van der Waals surface area contributed by atoms with Crippen LogP contribution in [0, 0.1) is 10.8 Å². The van der Waals surface area contributed by atoms with Crippen molar-refractivity contribution in [2.45, 2.75) is 45.1 Å². The molecule has 1 heterocycles. The minimum atomic E-state index is -1.36. The van der Waals surface area contributed by atoms with Crippen molar-refractivity contribution in [2.75, 3.05) is 13.2 Å². The van der Waals surface area contributed by atoms with Gasteiger partial charge >= 0.3 is 17.9 Å². The molecule has 1 aliphatic rings. The van der Waals surface area contributed by atoms with E-state index in [2.05, 4.69) is 0 Å². The third kappa shape index (κ3) is 4.78. The van der Waals surface area contributed by atoms with Crippen LogP contribution < -0.4 is 0 Å². The van der Waals surface area contributed by atoms with Gasteiger partial charge in [0.25, 0.3) is 0 Å². The van der Waals surface area contributed by atoms with Gasteiger partial charge in [0.2, 0.25) is 0 Å².